The van der Waals surface area contributed by atoms with Gasteiger partial charge >= 0.3 is 0 Å². The zero-order valence-electron chi connectivity index (χ0n) is 14.5. The van der Waals surface area contributed by atoms with Gasteiger partial charge in [0.25, 0.3) is 0 Å². The van der Waals surface area contributed by atoms with Gasteiger partial charge in [0.2, 0.25) is 0 Å². The van der Waals surface area contributed by atoms with E-state index in [-0.39, 0.29) is 0 Å². The molecule has 1 aromatic heterocycles. The Hall–Kier alpha value is -3.13. The molecule has 3 aromatic carbocycles. The van der Waals surface area contributed by atoms with Crippen molar-refractivity contribution in [3.63, 3.8) is 0 Å². The van der Waals surface area contributed by atoms with E-state index in [0.29, 0.717) is 0 Å². The first-order valence-electron chi connectivity index (χ1n) is 8.45. The zero-order valence-corrected chi connectivity index (χ0v) is 14.5. The Morgan fingerprint density at radius 3 is 1.96 bits per heavy atom. The third-order valence-corrected chi connectivity index (χ3v) is 4.43. The van der Waals surface area contributed by atoms with Crippen molar-refractivity contribution in [3.8, 4) is 22.4 Å². The summed E-state index contributed by atoms with van der Waals surface area (Å²) in [6, 6.07) is 29.6. The lowest BCUT2D eigenvalue weighted by molar-refractivity contribution is 1.08. The van der Waals surface area contributed by atoms with Gasteiger partial charge in [-0.1, -0.05) is 78.9 Å². The molecule has 4 aromatic rings. The second kappa shape index (κ2) is 6.40. The van der Waals surface area contributed by atoms with E-state index in [1.807, 2.05) is 20.2 Å². The van der Waals surface area contributed by atoms with Gasteiger partial charge in [0.1, 0.15) is 5.82 Å². The number of rotatable bonds is 3. The van der Waals surface area contributed by atoms with Crippen molar-refractivity contribution >= 4 is 16.6 Å². The van der Waals surface area contributed by atoms with Gasteiger partial charge in [0.15, 0.2) is 0 Å². The van der Waals surface area contributed by atoms with Crippen LogP contribution in [0.5, 0.6) is 0 Å². The van der Waals surface area contributed by atoms with E-state index in [1.54, 1.807) is 0 Å². The summed E-state index contributed by atoms with van der Waals surface area (Å²) in [7, 11) is 4.08. The summed E-state index contributed by atoms with van der Waals surface area (Å²) in [4.78, 5) is 6.97. The van der Waals surface area contributed by atoms with Gasteiger partial charge < -0.3 is 4.90 Å². The van der Waals surface area contributed by atoms with Crippen LogP contribution >= 0.6 is 0 Å². The number of benzene rings is 3. The fourth-order valence-electron chi connectivity index (χ4n) is 3.13. The van der Waals surface area contributed by atoms with Crippen molar-refractivity contribution in [2.24, 2.45) is 0 Å². The minimum atomic E-state index is 1.00. The van der Waals surface area contributed by atoms with Gasteiger partial charge in [-0.15, -0.1) is 0 Å². The van der Waals surface area contributed by atoms with Crippen molar-refractivity contribution in [1.29, 1.82) is 0 Å². The third-order valence-electron chi connectivity index (χ3n) is 4.43. The molecule has 0 fully saturated rings. The van der Waals surface area contributed by atoms with Crippen LogP contribution in [0, 0.1) is 0 Å². The van der Waals surface area contributed by atoms with Crippen LogP contribution < -0.4 is 4.90 Å². The van der Waals surface area contributed by atoms with Crippen molar-refractivity contribution in [3.05, 3.63) is 84.9 Å². The molecule has 0 aliphatic carbocycles. The Bertz CT molecular complexity index is 1000. The smallest absolute Gasteiger partial charge is 0.136 e. The van der Waals surface area contributed by atoms with Gasteiger partial charge in [-0.25, -0.2) is 4.98 Å². The van der Waals surface area contributed by atoms with Gasteiger partial charge in [0.05, 0.1) is 5.69 Å². The van der Waals surface area contributed by atoms with E-state index in [0.717, 1.165) is 17.1 Å². The lowest BCUT2D eigenvalue weighted by atomic mass is 10.0. The highest BCUT2D eigenvalue weighted by Gasteiger charge is 2.09. The maximum atomic E-state index is 4.90. The molecule has 25 heavy (non-hydrogen) atoms. The van der Waals surface area contributed by atoms with Crippen LogP contribution in [0.15, 0.2) is 84.9 Å². The first-order valence-corrected chi connectivity index (χ1v) is 8.45. The van der Waals surface area contributed by atoms with Crippen molar-refractivity contribution in [2.75, 3.05) is 19.0 Å². The minimum absolute atomic E-state index is 1.00. The first kappa shape index (κ1) is 15.4. The highest BCUT2D eigenvalue weighted by molar-refractivity contribution is 5.94. The second-order valence-corrected chi connectivity index (χ2v) is 6.39. The highest BCUT2D eigenvalue weighted by Crippen LogP contribution is 2.30. The first-order chi connectivity index (χ1) is 12.2. The van der Waals surface area contributed by atoms with Crippen molar-refractivity contribution < 1.29 is 0 Å². The molecule has 0 atom stereocenters. The van der Waals surface area contributed by atoms with Gasteiger partial charge in [0, 0.05) is 25.0 Å². The lowest BCUT2D eigenvalue weighted by Gasteiger charge is -2.16. The summed E-state index contributed by atoms with van der Waals surface area (Å²) in [6.45, 7) is 0. The highest BCUT2D eigenvalue weighted by atomic mass is 15.1. The molecule has 1 heterocycles. The molecule has 0 bridgehead atoms. The number of hydrogen-bond acceptors (Lipinski definition) is 2. The molecule has 2 heteroatoms. The van der Waals surface area contributed by atoms with Crippen LogP contribution in [0.25, 0.3) is 33.2 Å². The molecule has 0 N–H and O–H groups in total. The maximum absolute atomic E-state index is 4.90. The normalized spacial score (nSPS) is 10.8. The molecule has 2 nitrogen and oxygen atoms in total. The molecular weight excluding hydrogens is 304 g/mol. The largest absolute Gasteiger partial charge is 0.362 e. The number of aromatic nitrogens is 1. The average Bonchev–Trinajstić information content (AvgIpc) is 2.68. The standard InChI is InChI=1S/C23H20N2/c1-25(2)23-21-11-7-6-10-20(21)16-22(24-23)19-14-12-18(13-15-19)17-8-4-3-5-9-17/h3-16H,1-2H3. The van der Waals surface area contributed by atoms with E-state index < -0.39 is 0 Å². The number of nitrogens with zero attached hydrogens (tertiary/aromatic N) is 2. The Balaban J connectivity index is 1.79. The fourth-order valence-corrected chi connectivity index (χ4v) is 3.13. The number of pyridine rings is 1. The summed E-state index contributed by atoms with van der Waals surface area (Å²) in [5.41, 5.74) is 4.59. The van der Waals surface area contributed by atoms with E-state index >= 15 is 0 Å². The Kier molecular flexibility index (Phi) is 3.95. The lowest BCUT2D eigenvalue weighted by Crippen LogP contribution is -2.11. The molecule has 0 unspecified atom stereocenters. The van der Waals surface area contributed by atoms with Gasteiger partial charge in [-0.2, -0.15) is 0 Å². The monoisotopic (exact) mass is 324 g/mol. The predicted octanol–water partition coefficient (Wildman–Crippen LogP) is 5.63. The molecule has 4 rings (SSSR count). The van der Waals surface area contributed by atoms with E-state index in [9.17, 15) is 0 Å². The molecular formula is C23H20N2. The maximum Gasteiger partial charge on any atom is 0.136 e. The second-order valence-electron chi connectivity index (χ2n) is 6.39. The predicted molar refractivity (Wildman–Crippen MR) is 107 cm³/mol. The molecule has 0 amide bonds. The average molecular weight is 324 g/mol. The van der Waals surface area contributed by atoms with Gasteiger partial charge in [-0.05, 0) is 22.6 Å². The summed E-state index contributed by atoms with van der Waals surface area (Å²) < 4.78 is 0. The van der Waals surface area contributed by atoms with E-state index in [4.69, 9.17) is 4.98 Å². The van der Waals surface area contributed by atoms with Crippen LogP contribution in [0.2, 0.25) is 0 Å². The number of hydrogen-bond donors (Lipinski definition) is 0. The summed E-state index contributed by atoms with van der Waals surface area (Å²) in [5, 5.41) is 2.39. The molecule has 0 spiro atoms. The number of fused-ring (bicyclic) bond motifs is 1. The van der Waals surface area contributed by atoms with Crippen LogP contribution in [0.4, 0.5) is 5.82 Å². The molecule has 0 saturated heterocycles. The minimum Gasteiger partial charge on any atom is -0.362 e. The number of anilines is 1. The summed E-state index contributed by atoms with van der Waals surface area (Å²) in [5.74, 6) is 1.00. The van der Waals surface area contributed by atoms with Crippen molar-refractivity contribution in [1.82, 2.24) is 4.98 Å². The molecule has 0 saturated carbocycles. The van der Waals surface area contributed by atoms with Crippen LogP contribution in [0.3, 0.4) is 0 Å². The van der Waals surface area contributed by atoms with Crippen molar-refractivity contribution in [2.45, 2.75) is 0 Å². The Morgan fingerprint density at radius 1 is 0.640 bits per heavy atom. The third kappa shape index (κ3) is 2.99. The van der Waals surface area contributed by atoms with Crippen LogP contribution in [-0.2, 0) is 0 Å². The SMILES string of the molecule is CN(C)c1nc(-c2ccc(-c3ccccc3)cc2)cc2ccccc12. The fraction of sp³-hybridized carbons (Fsp3) is 0.0870. The molecule has 0 radical (unpaired) electrons. The zero-order chi connectivity index (χ0) is 17.2. The van der Waals surface area contributed by atoms with Crippen LogP contribution in [-0.4, -0.2) is 19.1 Å². The van der Waals surface area contributed by atoms with E-state index in [2.05, 4.69) is 83.8 Å². The molecule has 0 aliphatic rings. The molecule has 0 aliphatic heterocycles. The van der Waals surface area contributed by atoms with Crippen LogP contribution in [0.1, 0.15) is 0 Å². The van der Waals surface area contributed by atoms with Gasteiger partial charge in [-0.3, -0.25) is 0 Å². The molecule has 122 valence electrons. The summed E-state index contributed by atoms with van der Waals surface area (Å²) in [6.07, 6.45) is 0. The topological polar surface area (TPSA) is 16.1 Å². The van der Waals surface area contributed by atoms with E-state index in [1.165, 1.54) is 21.9 Å². The Morgan fingerprint density at radius 2 is 1.24 bits per heavy atom. The Labute approximate surface area is 148 Å². The quantitative estimate of drug-likeness (QED) is 0.485. The summed E-state index contributed by atoms with van der Waals surface area (Å²) >= 11 is 0.